The number of H-pyrrole nitrogens is 2. The third kappa shape index (κ3) is 39.2. The van der Waals surface area contributed by atoms with E-state index < -0.39 is 203 Å². The molecule has 15 amide bonds. The average molecular weight is 1920 g/mol. The van der Waals surface area contributed by atoms with Crippen molar-refractivity contribution in [1.82, 2.24) is 98.9 Å². The van der Waals surface area contributed by atoms with Gasteiger partial charge in [-0.3, -0.25) is 86.9 Å². The highest BCUT2D eigenvalue weighted by Crippen LogP contribution is 2.24. The summed E-state index contributed by atoms with van der Waals surface area (Å²) in [5.41, 5.74) is 39.9. The Hall–Kier alpha value is -10.9. The number of guanidine groups is 3. The number of carbonyl (C=O) groups excluding carboxylic acids is 15. The number of nitrogens with one attached hydrogen (secondary N) is 15. The molecule has 0 aromatic carbocycles. The minimum atomic E-state index is -1.80. The summed E-state index contributed by atoms with van der Waals surface area (Å²) in [5.74, 6) is -15.3. The lowest BCUT2D eigenvalue weighted by atomic mass is 10.0. The number of aromatic amines is 2. The number of amides is 15. The van der Waals surface area contributed by atoms with Crippen LogP contribution in [0.4, 0.5) is 0 Å². The molecule has 2 aromatic rings. The number of aliphatic carboxylic acids is 1. The number of rotatable bonds is 59. The van der Waals surface area contributed by atoms with Crippen molar-refractivity contribution in [2.45, 2.75) is 261 Å². The normalized spacial score (nSPS) is 17.0. The molecule has 0 aliphatic carbocycles. The first-order valence-corrected chi connectivity index (χ1v) is 47.5. The molecule has 0 bridgehead atoms. The van der Waals surface area contributed by atoms with Gasteiger partial charge in [0.25, 0.3) is 0 Å². The molecule has 0 unspecified atom stereocenters. The summed E-state index contributed by atoms with van der Waals surface area (Å²) in [5, 5.41) is 55.3. The fraction of sp³-hybridized carbons (Fsp3) is 0.688. The predicted molar refractivity (Wildman–Crippen MR) is 499 cm³/mol. The zero-order valence-corrected chi connectivity index (χ0v) is 79.3. The highest BCUT2D eigenvalue weighted by atomic mass is 32.2. The number of carboxylic acids is 1. The lowest BCUT2D eigenvalue weighted by molar-refractivity contribution is -0.144. The summed E-state index contributed by atoms with van der Waals surface area (Å²) in [6.45, 7) is 12.9. The van der Waals surface area contributed by atoms with Crippen molar-refractivity contribution in [2.24, 2.45) is 72.9 Å². The number of likely N-dealkylation sites (tertiary alicyclic amines) is 2. The van der Waals surface area contributed by atoms with Crippen molar-refractivity contribution in [3.05, 3.63) is 36.4 Å². The van der Waals surface area contributed by atoms with Crippen molar-refractivity contribution in [3.8, 4) is 0 Å². The van der Waals surface area contributed by atoms with Crippen molar-refractivity contribution >= 4 is 161 Å². The van der Waals surface area contributed by atoms with Crippen LogP contribution in [0.1, 0.15) is 157 Å². The van der Waals surface area contributed by atoms with Gasteiger partial charge in [0, 0.05) is 80.9 Å². The smallest absolute Gasteiger partial charge is 0.327 e. The maximum absolute atomic E-state index is 15.2. The molecule has 47 nitrogen and oxygen atoms in total. The monoisotopic (exact) mass is 1920 g/mol. The molecule has 0 radical (unpaired) electrons. The van der Waals surface area contributed by atoms with Crippen LogP contribution in [0.15, 0.2) is 40.0 Å². The first-order chi connectivity index (χ1) is 61.9. The van der Waals surface area contributed by atoms with Crippen LogP contribution >= 0.6 is 48.8 Å². The van der Waals surface area contributed by atoms with Crippen molar-refractivity contribution in [2.75, 3.05) is 68.2 Å². The molecule has 31 N–H and O–H groups in total. The summed E-state index contributed by atoms with van der Waals surface area (Å²) in [6.07, 6.45) is 7.95. The van der Waals surface area contributed by atoms with Gasteiger partial charge >= 0.3 is 5.97 Å². The average Bonchev–Trinajstić information content (AvgIpc) is 1.72. The number of nitrogens with zero attached hydrogens (tertiary/aromatic N) is 7. The van der Waals surface area contributed by atoms with Crippen molar-refractivity contribution in [3.63, 3.8) is 0 Å². The van der Waals surface area contributed by atoms with Crippen LogP contribution in [0.2, 0.25) is 0 Å². The lowest BCUT2D eigenvalue weighted by Crippen LogP contribution is -2.63. The number of nitrogens with two attached hydrogens (primary N) is 7. The first kappa shape index (κ1) is 112. The van der Waals surface area contributed by atoms with Gasteiger partial charge in [-0.25, -0.2) is 14.8 Å². The van der Waals surface area contributed by atoms with Crippen LogP contribution in [0.3, 0.4) is 0 Å². The summed E-state index contributed by atoms with van der Waals surface area (Å²) >= 11 is 10.9. The number of hydrogen-bond donors (Lipinski definition) is 26. The molecule has 2 aromatic heterocycles. The van der Waals surface area contributed by atoms with E-state index in [-0.39, 0.29) is 170 Å². The Kier molecular flexibility index (Phi) is 49.8. The summed E-state index contributed by atoms with van der Waals surface area (Å²) in [4.78, 5) is 256. The molecule has 4 rings (SSSR count). The van der Waals surface area contributed by atoms with Gasteiger partial charge in [0.05, 0.1) is 24.8 Å². The second-order valence-electron chi connectivity index (χ2n) is 33.2. The van der Waals surface area contributed by atoms with Crippen LogP contribution < -0.4 is 109 Å². The van der Waals surface area contributed by atoms with Crippen LogP contribution in [-0.2, 0) is 89.6 Å². The predicted octanol–water partition coefficient (Wildman–Crippen LogP) is -6.71. The fourth-order valence-corrected chi connectivity index (χ4v) is 15.5. The molecular weight excluding hydrogens is 1780 g/mol. The van der Waals surface area contributed by atoms with E-state index in [0.717, 1.165) is 0 Å². The van der Waals surface area contributed by atoms with E-state index in [4.69, 9.17) is 40.1 Å². The van der Waals surface area contributed by atoms with Gasteiger partial charge in [-0.1, -0.05) is 41.5 Å². The summed E-state index contributed by atoms with van der Waals surface area (Å²) in [6, 6.07) is -21.8. The highest BCUT2D eigenvalue weighted by Gasteiger charge is 2.45. The van der Waals surface area contributed by atoms with Gasteiger partial charge in [0.15, 0.2) is 17.9 Å². The molecule has 2 aliphatic heterocycles. The molecule has 0 spiro atoms. The van der Waals surface area contributed by atoms with Gasteiger partial charge in [-0.05, 0) is 146 Å². The summed E-state index contributed by atoms with van der Waals surface area (Å²) < 4.78 is 0. The SMILES string of the molecule is CSCC[C@H](NC(=O)[C@H](CC(C)C)NC(=O)[C@H](C)NC(=O)[C@H](CCCN=C(N)N)NC(=O)[C@@H]1CCCN1C(=O)[C@H](CC(C)C)NC(=O)[C@H](Cc1cnc[nH]1)NC(=O)[C@@H]1CCCN1C(=O)[C@H](Cc1cnc[nH]1)NC(=O)[C@@H](NC(=O)[C@@H](NC(=O)[C@H](CCCN=C(N)N)NC(=O)[C@H](CCSC)NC(=O)[C@@H](N)CS)C(C)C)[C@@H](C)O)C(=O)N[C@@H](CCCN=C(N)N)C(=O)N[C@@H](CS)C(=O)O. The second kappa shape index (κ2) is 58.1. The molecule has 17 atom stereocenters. The largest absolute Gasteiger partial charge is 0.480 e. The molecular formula is C80H137N29O18S4. The molecule has 51 heteroatoms. The Morgan fingerprint density at radius 1 is 0.443 bits per heavy atom. The topological polar surface area (TPSA) is 753 Å². The zero-order valence-electron chi connectivity index (χ0n) is 75.8. The third-order valence-electron chi connectivity index (χ3n) is 21.2. The van der Waals surface area contributed by atoms with Crippen LogP contribution in [0, 0.1) is 17.8 Å². The quantitative estimate of drug-likeness (QED) is 0.0127. The van der Waals surface area contributed by atoms with Crippen LogP contribution in [0.5, 0.6) is 0 Å². The van der Waals surface area contributed by atoms with Gasteiger partial charge in [0.1, 0.15) is 90.6 Å². The van der Waals surface area contributed by atoms with E-state index in [1.165, 1.54) is 72.2 Å². The Balaban J connectivity index is 1.58. The molecule has 131 heavy (non-hydrogen) atoms. The van der Waals surface area contributed by atoms with Crippen molar-refractivity contribution < 1.29 is 86.9 Å². The number of aliphatic imine (C=N–C) groups is 3. The fourth-order valence-electron chi connectivity index (χ4n) is 14.2. The molecule has 2 saturated heterocycles. The minimum Gasteiger partial charge on any atom is -0.480 e. The number of imidazole rings is 2. The number of aliphatic hydroxyl groups is 1. The number of thiol groups is 2. The molecule has 4 heterocycles. The maximum atomic E-state index is 15.2. The Bertz CT molecular complexity index is 4180. The minimum absolute atomic E-state index is 0.00464. The molecule has 734 valence electrons. The van der Waals surface area contributed by atoms with E-state index in [0.29, 0.717) is 29.3 Å². The number of aromatic nitrogens is 4. The van der Waals surface area contributed by atoms with Gasteiger partial charge in [-0.15, -0.1) is 0 Å². The third-order valence-corrected chi connectivity index (χ3v) is 23.2. The Morgan fingerprint density at radius 3 is 1.20 bits per heavy atom. The molecule has 0 saturated carbocycles. The zero-order chi connectivity index (χ0) is 97.9. The lowest BCUT2D eigenvalue weighted by Gasteiger charge is -2.32. The number of carbonyl (C=O) groups is 16. The second-order valence-corrected chi connectivity index (χ2v) is 35.9. The Morgan fingerprint density at radius 2 is 0.794 bits per heavy atom. The summed E-state index contributed by atoms with van der Waals surface area (Å²) in [7, 11) is 0. The standard InChI is InChI=1S/C80H137N29O18S4/c1-40(2)30-53(69(118)99-52(22-29-131-10)67(116)97-49(17-12-24-91-79(84)85)65(114)105-57(37-129)77(126)127)101-62(111)43(7)95-64(113)48(16-11-23-90-78(82)83)100-71(120)58-19-14-26-108(58)75(124)55(31-41(3)4)103-70(119)54(32-45-34-88-38-93-45)102-72(121)59-20-15-27-109(59)76(125)56(33-46-35-89-39-94-46)104-74(123)61(44(8)110)107-73(122)60(42(5)6)106-68(117)50(18-13-25-92-80(86)87)98-66(115)51(21-28-130-9)96-63(112)47(81)36-128/h34-35,38-44,47-61,110,128-129H,11-33,36-37,81H2,1-10H3,(H,88,93)(H,89,94)(H,95,113)(H,96,112)(H,97,116)(H,98,115)(H,99,118)(H,100,120)(H,101,111)(H,102,121)(H,103,119)(H,104,123)(H,105,114)(H,106,117)(H,107,122)(H,126,127)(H4,82,83,90)(H4,84,85,91)(H4,86,87,92)/t43-,44+,47-,48-,49-,50-,51-,52-,53-,54-,55-,56-,57-,58-,59-,60-,61-/m0/s1. The highest BCUT2D eigenvalue weighted by molar-refractivity contribution is 7.98. The molecule has 2 fully saturated rings. The van der Waals surface area contributed by atoms with Gasteiger partial charge < -0.3 is 139 Å². The number of aliphatic hydroxyl groups excluding tert-OH is 1. The molecule has 2 aliphatic rings. The van der Waals surface area contributed by atoms with Crippen molar-refractivity contribution in [1.29, 1.82) is 0 Å². The van der Waals surface area contributed by atoms with E-state index in [2.05, 4.69) is 129 Å². The van der Waals surface area contributed by atoms with E-state index in [1.807, 2.05) is 0 Å². The maximum Gasteiger partial charge on any atom is 0.327 e. The number of thioether (sulfide) groups is 2. The number of hydrogen-bond acceptors (Lipinski definition) is 27. The Labute approximate surface area is 781 Å². The first-order valence-electron chi connectivity index (χ1n) is 43.5. The van der Waals surface area contributed by atoms with E-state index in [9.17, 15) is 72.5 Å². The van der Waals surface area contributed by atoms with Crippen LogP contribution in [-0.4, -0.2) is 323 Å². The van der Waals surface area contributed by atoms with E-state index in [1.54, 1.807) is 54.1 Å². The van der Waals surface area contributed by atoms with Gasteiger partial charge in [-0.2, -0.15) is 48.8 Å². The van der Waals surface area contributed by atoms with Crippen LogP contribution in [0.25, 0.3) is 0 Å². The van der Waals surface area contributed by atoms with E-state index >= 15 is 14.4 Å². The van der Waals surface area contributed by atoms with Gasteiger partial charge in [0.2, 0.25) is 88.6 Å². The number of carboxylic acid groups (broad SMARTS) is 1.